The fourth-order valence-electron chi connectivity index (χ4n) is 2.38. The molecule has 0 saturated carbocycles. The Morgan fingerprint density at radius 3 is 2.82 bits per heavy atom. The number of fused-ring (bicyclic) bond motifs is 1. The summed E-state index contributed by atoms with van der Waals surface area (Å²) in [4.78, 5) is 25.4. The van der Waals surface area contributed by atoms with Crippen LogP contribution in [-0.2, 0) is 25.5 Å². The van der Waals surface area contributed by atoms with Crippen LogP contribution in [-0.4, -0.2) is 49.9 Å². The van der Waals surface area contributed by atoms with Crippen molar-refractivity contribution in [2.45, 2.75) is 42.9 Å². The van der Waals surface area contributed by atoms with Gasteiger partial charge in [0.15, 0.2) is 6.04 Å². The molecule has 1 amide bonds. The Morgan fingerprint density at radius 2 is 2.27 bits per heavy atom. The summed E-state index contributed by atoms with van der Waals surface area (Å²) in [6.45, 7) is 4.14. The monoisotopic (exact) mass is 414 g/mol. The highest BCUT2D eigenvalue weighted by Gasteiger charge is 2.59. The molecule has 2 aliphatic heterocycles. The van der Waals surface area contributed by atoms with Crippen molar-refractivity contribution in [2.24, 2.45) is 5.73 Å². The molecule has 2 rings (SSSR count). The number of nitrogens with zero attached hydrogens (tertiary/aromatic N) is 1. The Labute approximate surface area is 147 Å². The van der Waals surface area contributed by atoms with Crippen molar-refractivity contribution in [3.8, 4) is 0 Å². The summed E-state index contributed by atoms with van der Waals surface area (Å²) >= 11 is 2.10. The van der Waals surface area contributed by atoms with Crippen molar-refractivity contribution < 1.29 is 18.9 Å². The third kappa shape index (κ3) is 3.46. The van der Waals surface area contributed by atoms with Gasteiger partial charge >= 0.3 is 5.97 Å². The predicted octanol–water partition coefficient (Wildman–Crippen LogP) is 1.05. The molecule has 0 bridgehead atoms. The number of halogens is 2. The fraction of sp³-hybridized carbons (Fsp3) is 0.692. The molecule has 126 valence electrons. The lowest BCUT2D eigenvalue weighted by molar-refractivity contribution is -0.151. The van der Waals surface area contributed by atoms with Crippen LogP contribution in [0, 0.1) is 0 Å². The van der Waals surface area contributed by atoms with Crippen LogP contribution in [0.4, 0.5) is 0 Å². The number of hydrogen-bond donors (Lipinski definition) is 1. The Bertz CT molecular complexity index is 489. The molecule has 9 heteroatoms. The van der Waals surface area contributed by atoms with Gasteiger partial charge in [0.25, 0.3) is 5.91 Å². The predicted molar refractivity (Wildman–Crippen MR) is 90.1 cm³/mol. The summed E-state index contributed by atoms with van der Waals surface area (Å²) < 4.78 is 17.4. The van der Waals surface area contributed by atoms with Crippen LogP contribution < -0.4 is 5.73 Å². The van der Waals surface area contributed by atoms with Gasteiger partial charge in [0.05, 0.1) is 6.61 Å². The second-order valence-corrected chi connectivity index (χ2v) is 8.04. The summed E-state index contributed by atoms with van der Waals surface area (Å²) in [5.74, 6) is -0.680. The van der Waals surface area contributed by atoms with Crippen molar-refractivity contribution in [1.82, 2.24) is 4.90 Å². The van der Waals surface area contributed by atoms with E-state index in [9.17, 15) is 14.1 Å². The summed E-state index contributed by atoms with van der Waals surface area (Å²) in [5.41, 5.74) is 6.55. The van der Waals surface area contributed by atoms with E-state index < -0.39 is 28.6 Å². The minimum absolute atomic E-state index is 0. The van der Waals surface area contributed by atoms with Gasteiger partial charge in [-0.2, -0.15) is 0 Å². The van der Waals surface area contributed by atoms with Gasteiger partial charge < -0.3 is 15.0 Å². The number of β-lactam (4-membered cyclic amide) rings is 1. The van der Waals surface area contributed by atoms with Crippen LogP contribution in [0.2, 0.25) is 0 Å². The first kappa shape index (κ1) is 19.8. The van der Waals surface area contributed by atoms with Gasteiger partial charge in [-0.1, -0.05) is 29.3 Å². The number of nitrogens with two attached hydrogens (primary N) is 1. The first-order valence-corrected chi connectivity index (χ1v) is 9.20. The van der Waals surface area contributed by atoms with Gasteiger partial charge in [-0.15, -0.1) is 12.4 Å². The van der Waals surface area contributed by atoms with Gasteiger partial charge in [-0.25, -0.2) is 4.79 Å². The quantitative estimate of drug-likeness (QED) is 0.238. The van der Waals surface area contributed by atoms with Crippen molar-refractivity contribution in [3.05, 3.63) is 11.3 Å². The first-order valence-electron chi connectivity index (χ1n) is 6.90. The molecule has 0 aromatic heterocycles. The van der Waals surface area contributed by atoms with E-state index in [1.165, 1.54) is 4.90 Å². The molecule has 0 radical (unpaired) electrons. The van der Waals surface area contributed by atoms with E-state index in [4.69, 9.17) is 10.5 Å². The molecule has 0 aromatic carbocycles. The van der Waals surface area contributed by atoms with E-state index in [2.05, 4.69) is 15.9 Å². The largest absolute Gasteiger partial charge is 0.614 e. The Morgan fingerprint density at radius 1 is 1.64 bits per heavy atom. The second kappa shape index (κ2) is 8.01. The smallest absolute Gasteiger partial charge is 0.355 e. The molecule has 0 aromatic rings. The maximum absolute atomic E-state index is 12.3. The first-order chi connectivity index (χ1) is 9.90. The van der Waals surface area contributed by atoms with E-state index in [0.29, 0.717) is 12.2 Å². The van der Waals surface area contributed by atoms with E-state index in [1.807, 2.05) is 13.8 Å². The van der Waals surface area contributed by atoms with E-state index in [0.717, 1.165) is 12.8 Å². The maximum Gasteiger partial charge on any atom is 0.355 e. The number of unbranched alkanes of at least 4 members (excludes halogenated alkanes) is 1. The number of amides is 1. The average molecular weight is 416 g/mol. The van der Waals surface area contributed by atoms with Crippen molar-refractivity contribution in [1.29, 1.82) is 0 Å². The summed E-state index contributed by atoms with van der Waals surface area (Å²) in [5, 5.41) is -0.610. The normalized spacial score (nSPS) is 28.5. The molecule has 2 N–H and O–H groups in total. The molecule has 1 saturated heterocycles. The lowest BCUT2D eigenvalue weighted by Gasteiger charge is -2.48. The standard InChI is InChI=1S/C13H19BrN2O4S.ClH/c1-3-4-5-20-13(18)10-8(7(2)14)6-21(19)12-9(15)11(17)16(10)12;/h7,9,12H,3-6,15H2,1-2H3;1H/t7?,9-,12-,21?;/m1./s1. The molecule has 1 fully saturated rings. The highest BCUT2D eigenvalue weighted by molar-refractivity contribution is 9.09. The number of alkyl halides is 1. The summed E-state index contributed by atoms with van der Waals surface area (Å²) in [6, 6.07) is -0.795. The van der Waals surface area contributed by atoms with Gasteiger partial charge in [-0.05, 0) is 24.5 Å². The number of carbonyl (C=O) groups is 2. The van der Waals surface area contributed by atoms with Crippen molar-refractivity contribution in [2.75, 3.05) is 12.4 Å². The average Bonchev–Trinajstić information content (AvgIpc) is 2.45. The Balaban J connectivity index is 0.00000242. The molecule has 2 aliphatic rings. The molecule has 22 heavy (non-hydrogen) atoms. The summed E-state index contributed by atoms with van der Waals surface area (Å²) in [6.07, 6.45) is 1.68. The zero-order valence-electron chi connectivity index (χ0n) is 12.4. The summed E-state index contributed by atoms with van der Waals surface area (Å²) in [7, 11) is 0. The molecule has 6 nitrogen and oxygen atoms in total. The molecule has 2 heterocycles. The van der Waals surface area contributed by atoms with Crippen LogP contribution in [0.1, 0.15) is 26.7 Å². The molecule has 2 unspecified atom stereocenters. The van der Waals surface area contributed by atoms with E-state index in [1.54, 1.807) is 0 Å². The zero-order chi connectivity index (χ0) is 15.7. The SMILES string of the molecule is CCCCOC(=O)C1=C(C(C)Br)C[S+]([O-])[C@@H]2[C@H](N)C(=O)N12.Cl. The lowest BCUT2D eigenvalue weighted by atomic mass is 10.0. The van der Waals surface area contributed by atoms with Gasteiger partial charge in [0.2, 0.25) is 5.37 Å². The second-order valence-electron chi connectivity index (χ2n) is 5.13. The highest BCUT2D eigenvalue weighted by Crippen LogP contribution is 2.38. The lowest BCUT2D eigenvalue weighted by Crippen LogP contribution is -2.73. The Kier molecular flexibility index (Phi) is 7.20. The van der Waals surface area contributed by atoms with E-state index >= 15 is 0 Å². The number of rotatable bonds is 5. The van der Waals surface area contributed by atoms with Crippen LogP contribution in [0.5, 0.6) is 0 Å². The molecule has 0 aliphatic carbocycles. The minimum atomic E-state index is -1.29. The van der Waals surface area contributed by atoms with Gasteiger partial charge in [0, 0.05) is 10.4 Å². The fourth-order valence-corrected chi connectivity index (χ4v) is 4.72. The molecular weight excluding hydrogens is 396 g/mol. The molecule has 0 spiro atoms. The molecular formula is C13H20BrClN2O4S. The Hall–Kier alpha value is -0.280. The van der Waals surface area contributed by atoms with Crippen molar-refractivity contribution >= 4 is 51.4 Å². The highest BCUT2D eigenvalue weighted by atomic mass is 79.9. The number of hydrogen-bond acceptors (Lipinski definition) is 5. The maximum atomic E-state index is 12.3. The van der Waals surface area contributed by atoms with Crippen LogP contribution in [0.3, 0.4) is 0 Å². The number of carbonyl (C=O) groups excluding carboxylic acids is 2. The van der Waals surface area contributed by atoms with Crippen LogP contribution in [0.25, 0.3) is 0 Å². The van der Waals surface area contributed by atoms with Crippen LogP contribution >= 0.6 is 28.3 Å². The minimum Gasteiger partial charge on any atom is -0.614 e. The number of esters is 1. The van der Waals surface area contributed by atoms with Gasteiger partial charge in [0.1, 0.15) is 11.4 Å². The zero-order valence-corrected chi connectivity index (χ0v) is 15.6. The van der Waals surface area contributed by atoms with Crippen LogP contribution in [0.15, 0.2) is 11.3 Å². The third-order valence-electron chi connectivity index (χ3n) is 3.60. The van der Waals surface area contributed by atoms with E-state index in [-0.39, 0.29) is 34.6 Å². The molecule has 4 atom stereocenters. The number of ether oxygens (including phenoxy) is 1. The van der Waals surface area contributed by atoms with Crippen molar-refractivity contribution in [3.63, 3.8) is 0 Å². The van der Waals surface area contributed by atoms with Gasteiger partial charge in [-0.3, -0.25) is 9.69 Å². The third-order valence-corrected chi connectivity index (χ3v) is 5.79. The topological polar surface area (TPSA) is 95.7 Å².